The molecule has 5 nitrogen and oxygen atoms in total. The Morgan fingerprint density at radius 3 is 2.62 bits per heavy atom. The minimum absolute atomic E-state index is 0.182. The molecule has 5 heteroatoms. The van der Waals surface area contributed by atoms with Crippen LogP contribution in [0.3, 0.4) is 0 Å². The third kappa shape index (κ3) is 2.73. The summed E-state index contributed by atoms with van der Waals surface area (Å²) < 4.78 is 7.51. The molecule has 0 radical (unpaired) electrons. The SMILES string of the molecule is CCOc1ccc(C2CC(c3ccccc3)n3ncnc3N2)cc1. The highest BCUT2D eigenvalue weighted by atomic mass is 16.5. The first-order valence-corrected chi connectivity index (χ1v) is 8.29. The van der Waals surface area contributed by atoms with Gasteiger partial charge in [0.05, 0.1) is 18.7 Å². The van der Waals surface area contributed by atoms with E-state index in [0.29, 0.717) is 6.61 Å². The second kappa shape index (κ2) is 6.35. The van der Waals surface area contributed by atoms with Crippen molar-refractivity contribution in [3.63, 3.8) is 0 Å². The molecule has 4 rings (SSSR count). The van der Waals surface area contributed by atoms with Crippen molar-refractivity contribution >= 4 is 5.95 Å². The van der Waals surface area contributed by atoms with Crippen LogP contribution in [-0.2, 0) is 0 Å². The summed E-state index contributed by atoms with van der Waals surface area (Å²) in [6, 6.07) is 19.1. The number of ether oxygens (including phenoxy) is 1. The van der Waals surface area contributed by atoms with E-state index in [0.717, 1.165) is 18.1 Å². The number of benzene rings is 2. The second-order valence-electron chi connectivity index (χ2n) is 5.89. The predicted molar refractivity (Wildman–Crippen MR) is 93.2 cm³/mol. The molecule has 2 aromatic carbocycles. The topological polar surface area (TPSA) is 52.0 Å². The molecule has 0 amide bonds. The third-order valence-corrected chi connectivity index (χ3v) is 4.41. The van der Waals surface area contributed by atoms with E-state index < -0.39 is 0 Å². The van der Waals surface area contributed by atoms with E-state index in [9.17, 15) is 0 Å². The van der Waals surface area contributed by atoms with E-state index in [1.807, 2.05) is 29.8 Å². The van der Waals surface area contributed by atoms with Gasteiger partial charge in [0, 0.05) is 0 Å². The lowest BCUT2D eigenvalue weighted by atomic mass is 9.93. The first-order chi connectivity index (χ1) is 11.8. The maximum atomic E-state index is 5.54. The lowest BCUT2D eigenvalue weighted by molar-refractivity contribution is 0.340. The third-order valence-electron chi connectivity index (χ3n) is 4.41. The molecule has 0 fully saturated rings. The van der Waals surface area contributed by atoms with E-state index in [-0.39, 0.29) is 12.1 Å². The van der Waals surface area contributed by atoms with E-state index in [2.05, 4.69) is 51.8 Å². The largest absolute Gasteiger partial charge is 0.494 e. The molecule has 24 heavy (non-hydrogen) atoms. The standard InChI is InChI=1S/C19H20N4O/c1-2-24-16-10-8-14(9-11-16)17-12-18(15-6-4-3-5-7-15)23-19(22-17)20-13-21-23/h3-11,13,17-18H,2,12H2,1H3,(H,20,21,22). The summed E-state index contributed by atoms with van der Waals surface area (Å²) >= 11 is 0. The van der Waals surface area contributed by atoms with Gasteiger partial charge < -0.3 is 10.1 Å². The van der Waals surface area contributed by atoms with Gasteiger partial charge in [0.1, 0.15) is 12.1 Å². The Morgan fingerprint density at radius 1 is 1.08 bits per heavy atom. The highest BCUT2D eigenvalue weighted by Crippen LogP contribution is 2.37. The molecule has 1 N–H and O–H groups in total. The lowest BCUT2D eigenvalue weighted by Gasteiger charge is -2.31. The van der Waals surface area contributed by atoms with Gasteiger partial charge in [-0.25, -0.2) is 4.68 Å². The summed E-state index contributed by atoms with van der Waals surface area (Å²) in [5, 5.41) is 7.90. The van der Waals surface area contributed by atoms with Crippen LogP contribution in [0.4, 0.5) is 5.95 Å². The quantitative estimate of drug-likeness (QED) is 0.794. The fourth-order valence-corrected chi connectivity index (χ4v) is 3.25. The van der Waals surface area contributed by atoms with Gasteiger partial charge in [0.2, 0.25) is 5.95 Å². The van der Waals surface area contributed by atoms with Gasteiger partial charge in [-0.05, 0) is 36.6 Å². The number of hydrogen-bond acceptors (Lipinski definition) is 4. The van der Waals surface area contributed by atoms with Crippen LogP contribution in [0.25, 0.3) is 0 Å². The average Bonchev–Trinajstić information content (AvgIpc) is 3.11. The zero-order chi connectivity index (χ0) is 16.4. The summed E-state index contributed by atoms with van der Waals surface area (Å²) in [6.07, 6.45) is 2.53. The van der Waals surface area contributed by atoms with Gasteiger partial charge in [-0.2, -0.15) is 10.1 Å². The fraction of sp³-hybridized carbons (Fsp3) is 0.263. The number of anilines is 1. The molecule has 3 aromatic rings. The minimum Gasteiger partial charge on any atom is -0.494 e. The molecule has 0 bridgehead atoms. The van der Waals surface area contributed by atoms with Crippen molar-refractivity contribution < 1.29 is 4.74 Å². The number of aromatic nitrogens is 3. The summed E-state index contributed by atoms with van der Waals surface area (Å²) in [5.41, 5.74) is 2.48. The first kappa shape index (κ1) is 14.8. The normalized spacial score (nSPS) is 19.4. The number of hydrogen-bond donors (Lipinski definition) is 1. The van der Waals surface area contributed by atoms with Crippen LogP contribution in [0.2, 0.25) is 0 Å². The molecule has 0 saturated carbocycles. The molecular formula is C19H20N4O. The van der Waals surface area contributed by atoms with Gasteiger partial charge >= 0.3 is 0 Å². The summed E-state index contributed by atoms with van der Waals surface area (Å²) in [6.45, 7) is 2.67. The van der Waals surface area contributed by atoms with Crippen LogP contribution in [0.5, 0.6) is 5.75 Å². The molecule has 2 unspecified atom stereocenters. The van der Waals surface area contributed by atoms with Gasteiger partial charge in [0.25, 0.3) is 0 Å². The Morgan fingerprint density at radius 2 is 1.88 bits per heavy atom. The van der Waals surface area contributed by atoms with Crippen molar-refractivity contribution in [1.82, 2.24) is 14.8 Å². The van der Waals surface area contributed by atoms with Gasteiger partial charge in [-0.15, -0.1) is 0 Å². The summed E-state index contributed by atoms with van der Waals surface area (Å²) in [7, 11) is 0. The zero-order valence-corrected chi connectivity index (χ0v) is 13.6. The van der Waals surface area contributed by atoms with Crippen LogP contribution in [0.1, 0.15) is 36.6 Å². The second-order valence-corrected chi connectivity index (χ2v) is 5.89. The molecular weight excluding hydrogens is 300 g/mol. The van der Waals surface area contributed by atoms with Crippen LogP contribution in [-0.4, -0.2) is 21.4 Å². The Hall–Kier alpha value is -2.82. The Kier molecular flexibility index (Phi) is 3.91. The number of rotatable bonds is 4. The maximum absolute atomic E-state index is 5.54. The van der Waals surface area contributed by atoms with Crippen LogP contribution < -0.4 is 10.1 Å². The van der Waals surface area contributed by atoms with E-state index in [4.69, 9.17) is 4.74 Å². The Balaban J connectivity index is 1.64. The molecule has 2 heterocycles. The van der Waals surface area contributed by atoms with Crippen LogP contribution >= 0.6 is 0 Å². The van der Waals surface area contributed by atoms with E-state index in [1.165, 1.54) is 11.1 Å². The Labute approximate surface area is 141 Å². The van der Waals surface area contributed by atoms with Gasteiger partial charge in [-0.1, -0.05) is 42.5 Å². The maximum Gasteiger partial charge on any atom is 0.222 e. The molecule has 0 spiro atoms. The van der Waals surface area contributed by atoms with E-state index in [1.54, 1.807) is 6.33 Å². The van der Waals surface area contributed by atoms with Crippen molar-refractivity contribution in [3.05, 3.63) is 72.1 Å². The molecule has 0 aliphatic carbocycles. The van der Waals surface area contributed by atoms with Crippen molar-refractivity contribution in [3.8, 4) is 5.75 Å². The van der Waals surface area contributed by atoms with Crippen LogP contribution in [0.15, 0.2) is 60.9 Å². The zero-order valence-electron chi connectivity index (χ0n) is 13.6. The summed E-state index contributed by atoms with van der Waals surface area (Å²) in [5.74, 6) is 1.72. The molecule has 0 saturated heterocycles. The van der Waals surface area contributed by atoms with E-state index >= 15 is 0 Å². The van der Waals surface area contributed by atoms with Crippen molar-refractivity contribution in [2.24, 2.45) is 0 Å². The number of nitrogens with zero attached hydrogens (tertiary/aromatic N) is 3. The number of fused-ring (bicyclic) bond motifs is 1. The fourth-order valence-electron chi connectivity index (χ4n) is 3.25. The molecule has 1 aliphatic heterocycles. The first-order valence-electron chi connectivity index (χ1n) is 8.29. The predicted octanol–water partition coefficient (Wildman–Crippen LogP) is 3.82. The lowest BCUT2D eigenvalue weighted by Crippen LogP contribution is -2.28. The monoisotopic (exact) mass is 320 g/mol. The minimum atomic E-state index is 0.182. The molecule has 2 atom stereocenters. The highest BCUT2D eigenvalue weighted by Gasteiger charge is 2.29. The van der Waals surface area contributed by atoms with Gasteiger partial charge in [0.15, 0.2) is 0 Å². The number of nitrogens with one attached hydrogen (secondary N) is 1. The van der Waals surface area contributed by atoms with Gasteiger partial charge in [-0.3, -0.25) is 0 Å². The van der Waals surface area contributed by atoms with Crippen molar-refractivity contribution in [2.45, 2.75) is 25.4 Å². The average molecular weight is 320 g/mol. The van der Waals surface area contributed by atoms with Crippen molar-refractivity contribution in [1.29, 1.82) is 0 Å². The molecule has 122 valence electrons. The van der Waals surface area contributed by atoms with Crippen LogP contribution in [0, 0.1) is 0 Å². The molecule has 1 aliphatic rings. The highest BCUT2D eigenvalue weighted by molar-refractivity contribution is 5.39. The summed E-state index contributed by atoms with van der Waals surface area (Å²) in [4.78, 5) is 4.37. The smallest absolute Gasteiger partial charge is 0.222 e. The van der Waals surface area contributed by atoms with Crippen molar-refractivity contribution in [2.75, 3.05) is 11.9 Å². The Bertz CT molecular complexity index is 798. The molecule has 1 aromatic heterocycles.